The second kappa shape index (κ2) is 17.7. The number of carbonyl (C=O) groups excluding carboxylic acids is 2. The molecule has 5 aromatic rings. The number of hydrogen-bond donors (Lipinski definition) is 1. The minimum absolute atomic E-state index is 0.0986. The van der Waals surface area contributed by atoms with Crippen LogP contribution in [-0.4, -0.2) is 33.9 Å². The first-order valence-electron chi connectivity index (χ1n) is 18.3. The lowest BCUT2D eigenvalue weighted by atomic mass is 10.0. The van der Waals surface area contributed by atoms with Gasteiger partial charge < -0.3 is 19.4 Å². The zero-order chi connectivity index (χ0) is 36.2. The Kier molecular flexibility index (Phi) is 12.9. The molecule has 51 heavy (non-hydrogen) atoms. The molecule has 0 radical (unpaired) electrons. The lowest BCUT2D eigenvalue weighted by Gasteiger charge is -2.24. The first-order valence-corrected chi connectivity index (χ1v) is 18.3. The number of nitrogens with one attached hydrogen (secondary N) is 1. The topological polar surface area (TPSA) is 85.7 Å². The van der Waals surface area contributed by atoms with E-state index in [9.17, 15) is 9.59 Å². The minimum Gasteiger partial charge on any atom is -0.428 e. The number of aryl methyl sites for hydroxylation is 1. The number of imidazole rings is 1. The molecule has 1 N–H and O–H groups in total. The van der Waals surface area contributed by atoms with Crippen LogP contribution in [0.15, 0.2) is 97.1 Å². The number of benzene rings is 4. The summed E-state index contributed by atoms with van der Waals surface area (Å²) in [6, 6.07) is 32.0. The molecule has 8 heteroatoms. The molecule has 0 aliphatic rings. The summed E-state index contributed by atoms with van der Waals surface area (Å²) in [4.78, 5) is 33.0. The zero-order valence-corrected chi connectivity index (χ0v) is 30.8. The number of nitrogens with zero attached hydrogens (tertiary/aromatic N) is 3. The Morgan fingerprint density at radius 3 is 2.25 bits per heavy atom. The SMILES string of the molecule is CCCCCCNC(=O)N(Cc1ccccc1)c1ccc2nc(CCCC)n(Cc3ccc(-c4ccccc4OC(=O)OC(C)(C)C)cc3)c2c1. The number of rotatable bonds is 15. The van der Waals surface area contributed by atoms with Gasteiger partial charge in [0.1, 0.15) is 17.2 Å². The maximum absolute atomic E-state index is 13.7. The van der Waals surface area contributed by atoms with Gasteiger partial charge in [-0.2, -0.15) is 0 Å². The smallest absolute Gasteiger partial charge is 0.428 e. The molecule has 0 unspecified atom stereocenters. The van der Waals surface area contributed by atoms with E-state index < -0.39 is 11.8 Å². The van der Waals surface area contributed by atoms with Crippen molar-refractivity contribution < 1.29 is 19.1 Å². The summed E-state index contributed by atoms with van der Waals surface area (Å²) < 4.78 is 13.3. The third kappa shape index (κ3) is 10.5. The predicted molar refractivity (Wildman–Crippen MR) is 206 cm³/mol. The quantitative estimate of drug-likeness (QED) is 0.0672. The molecule has 0 saturated heterocycles. The van der Waals surface area contributed by atoms with Gasteiger partial charge in [-0.15, -0.1) is 0 Å². The van der Waals surface area contributed by atoms with E-state index in [-0.39, 0.29) is 6.03 Å². The molecule has 0 saturated carbocycles. The Hall–Kier alpha value is -5.11. The van der Waals surface area contributed by atoms with Crippen LogP contribution in [-0.2, 0) is 24.2 Å². The maximum Gasteiger partial charge on any atom is 0.514 e. The van der Waals surface area contributed by atoms with Crippen molar-refractivity contribution in [3.63, 3.8) is 0 Å². The second-order valence-electron chi connectivity index (χ2n) is 14.0. The molecule has 2 amide bonds. The van der Waals surface area contributed by atoms with Gasteiger partial charge >= 0.3 is 12.2 Å². The second-order valence-corrected chi connectivity index (χ2v) is 14.0. The number of ether oxygens (including phenoxy) is 2. The summed E-state index contributed by atoms with van der Waals surface area (Å²) in [7, 11) is 0. The summed E-state index contributed by atoms with van der Waals surface area (Å²) in [5, 5.41) is 3.17. The summed E-state index contributed by atoms with van der Waals surface area (Å²) >= 11 is 0. The number of hydrogen-bond acceptors (Lipinski definition) is 5. The van der Waals surface area contributed by atoms with Crippen molar-refractivity contribution in [2.45, 2.75) is 98.3 Å². The fourth-order valence-corrected chi connectivity index (χ4v) is 6.05. The molecule has 0 atom stereocenters. The highest BCUT2D eigenvalue weighted by Crippen LogP contribution is 2.32. The Morgan fingerprint density at radius 1 is 0.804 bits per heavy atom. The van der Waals surface area contributed by atoms with Gasteiger partial charge in [0.05, 0.1) is 17.6 Å². The van der Waals surface area contributed by atoms with Gasteiger partial charge in [0.25, 0.3) is 0 Å². The highest BCUT2D eigenvalue weighted by atomic mass is 16.7. The average molecular weight is 689 g/mol. The van der Waals surface area contributed by atoms with Crippen LogP contribution in [0.3, 0.4) is 0 Å². The van der Waals surface area contributed by atoms with E-state index in [1.165, 1.54) is 6.42 Å². The Labute approximate surface area is 302 Å². The molecule has 0 bridgehead atoms. The van der Waals surface area contributed by atoms with Crippen LogP contribution in [0, 0.1) is 0 Å². The van der Waals surface area contributed by atoms with Crippen molar-refractivity contribution >= 4 is 28.9 Å². The van der Waals surface area contributed by atoms with E-state index >= 15 is 0 Å². The lowest BCUT2D eigenvalue weighted by Crippen LogP contribution is -2.40. The first-order chi connectivity index (χ1) is 24.6. The van der Waals surface area contributed by atoms with E-state index in [4.69, 9.17) is 14.5 Å². The van der Waals surface area contributed by atoms with Crippen LogP contribution in [0.5, 0.6) is 5.75 Å². The molecular formula is C43H52N4O4. The van der Waals surface area contributed by atoms with Gasteiger partial charge in [0.15, 0.2) is 0 Å². The molecule has 0 fully saturated rings. The first kappa shape index (κ1) is 37.2. The van der Waals surface area contributed by atoms with Crippen LogP contribution in [0.4, 0.5) is 15.3 Å². The van der Waals surface area contributed by atoms with Crippen LogP contribution in [0.25, 0.3) is 22.2 Å². The average Bonchev–Trinajstić information content (AvgIpc) is 3.45. The highest BCUT2D eigenvalue weighted by molar-refractivity contribution is 5.94. The number of unbranched alkanes of at least 4 members (excludes halogenated alkanes) is 4. The summed E-state index contributed by atoms with van der Waals surface area (Å²) in [6.07, 6.45) is 6.63. The monoisotopic (exact) mass is 688 g/mol. The van der Waals surface area contributed by atoms with Crippen molar-refractivity contribution in [3.05, 3.63) is 114 Å². The minimum atomic E-state index is -0.732. The highest BCUT2D eigenvalue weighted by Gasteiger charge is 2.21. The van der Waals surface area contributed by atoms with Crippen molar-refractivity contribution in [1.29, 1.82) is 0 Å². The van der Waals surface area contributed by atoms with Crippen molar-refractivity contribution in [2.24, 2.45) is 0 Å². The Bertz CT molecular complexity index is 1880. The number of urea groups is 1. The zero-order valence-electron chi connectivity index (χ0n) is 30.8. The van der Waals surface area contributed by atoms with Crippen LogP contribution in [0.1, 0.15) is 90.1 Å². The summed E-state index contributed by atoms with van der Waals surface area (Å²) in [6.45, 7) is 11.5. The normalized spacial score (nSPS) is 11.4. The van der Waals surface area contributed by atoms with Gasteiger partial charge in [-0.3, -0.25) is 4.90 Å². The number of anilines is 1. The van der Waals surface area contributed by atoms with Crippen LogP contribution in [0.2, 0.25) is 0 Å². The van der Waals surface area contributed by atoms with Gasteiger partial charge in [-0.1, -0.05) is 112 Å². The van der Waals surface area contributed by atoms with Crippen LogP contribution < -0.4 is 15.0 Å². The number of carbonyl (C=O) groups is 2. The van der Waals surface area contributed by atoms with Crippen molar-refractivity contribution in [2.75, 3.05) is 11.4 Å². The molecule has 1 heterocycles. The van der Waals surface area contributed by atoms with Gasteiger partial charge in [-0.25, -0.2) is 14.6 Å². The Morgan fingerprint density at radius 2 is 1.53 bits per heavy atom. The van der Waals surface area contributed by atoms with E-state index in [0.29, 0.717) is 25.4 Å². The molecule has 5 rings (SSSR count). The third-order valence-corrected chi connectivity index (χ3v) is 8.69. The number of aromatic nitrogens is 2. The standard InChI is InChI=1S/C43H52N4O4/c1-6-8-10-16-28-44-41(48)46(30-32-17-12-11-13-18-32)35-26-27-37-38(29-35)47(40(45-37)21-9-7-2)31-33-22-24-34(25-23-33)36-19-14-15-20-39(36)50-42(49)51-43(3,4)5/h11-15,17-20,22-27,29H,6-10,16,21,28,30-31H2,1-5H3,(H,44,48). The predicted octanol–water partition coefficient (Wildman–Crippen LogP) is 10.7. The van der Waals surface area contributed by atoms with E-state index in [0.717, 1.165) is 83.3 Å². The maximum atomic E-state index is 13.7. The van der Waals surface area contributed by atoms with E-state index in [2.05, 4.69) is 66.2 Å². The largest absolute Gasteiger partial charge is 0.514 e. The van der Waals surface area contributed by atoms with Crippen molar-refractivity contribution in [1.82, 2.24) is 14.9 Å². The van der Waals surface area contributed by atoms with E-state index in [1.807, 2.05) is 74.2 Å². The third-order valence-electron chi connectivity index (χ3n) is 8.69. The summed E-state index contributed by atoms with van der Waals surface area (Å²) in [5.41, 5.74) is 5.99. The lowest BCUT2D eigenvalue weighted by molar-refractivity contribution is 0.0207. The molecule has 1 aromatic heterocycles. The fraction of sp³-hybridized carbons (Fsp3) is 0.372. The van der Waals surface area contributed by atoms with Crippen LogP contribution >= 0.6 is 0 Å². The molecule has 0 spiro atoms. The molecule has 0 aliphatic heterocycles. The Balaban J connectivity index is 1.43. The van der Waals surface area contributed by atoms with Gasteiger partial charge in [0, 0.05) is 30.8 Å². The van der Waals surface area contributed by atoms with E-state index in [1.54, 1.807) is 6.07 Å². The fourth-order valence-electron chi connectivity index (χ4n) is 6.05. The molecular weight excluding hydrogens is 636 g/mol. The van der Waals surface area contributed by atoms with Crippen molar-refractivity contribution in [3.8, 4) is 16.9 Å². The molecule has 0 aliphatic carbocycles. The summed E-state index contributed by atoms with van der Waals surface area (Å²) in [5.74, 6) is 1.47. The van der Waals surface area contributed by atoms with Gasteiger partial charge in [-0.05, 0) is 74.6 Å². The molecule has 4 aromatic carbocycles. The number of amides is 2. The molecule has 268 valence electrons. The number of para-hydroxylation sites is 1. The number of fused-ring (bicyclic) bond motifs is 1. The molecule has 8 nitrogen and oxygen atoms in total. The van der Waals surface area contributed by atoms with Gasteiger partial charge in [0.2, 0.25) is 0 Å².